The van der Waals surface area contributed by atoms with Crippen molar-refractivity contribution in [1.82, 2.24) is 4.98 Å². The van der Waals surface area contributed by atoms with Crippen LogP contribution in [0.3, 0.4) is 0 Å². The van der Waals surface area contributed by atoms with E-state index in [9.17, 15) is 9.90 Å². The van der Waals surface area contributed by atoms with Gasteiger partial charge in [0.15, 0.2) is 0 Å². The molecule has 4 heteroatoms. The SMILES string of the molecule is CCC(C)(C)CNc1cc(C(=O)O)c2ccccc2n1. The third-order valence-electron chi connectivity index (χ3n) is 3.65. The van der Waals surface area contributed by atoms with Crippen LogP contribution in [0, 0.1) is 5.41 Å². The Hall–Kier alpha value is -2.10. The molecule has 1 heterocycles. The molecule has 0 fully saturated rings. The van der Waals surface area contributed by atoms with Gasteiger partial charge in [-0.3, -0.25) is 0 Å². The predicted molar refractivity (Wildman–Crippen MR) is 81.3 cm³/mol. The van der Waals surface area contributed by atoms with Crippen LogP contribution in [0.5, 0.6) is 0 Å². The Morgan fingerprint density at radius 2 is 2.05 bits per heavy atom. The van der Waals surface area contributed by atoms with Gasteiger partial charge in [-0.15, -0.1) is 0 Å². The van der Waals surface area contributed by atoms with E-state index < -0.39 is 5.97 Å². The van der Waals surface area contributed by atoms with E-state index in [4.69, 9.17) is 0 Å². The first kappa shape index (κ1) is 14.3. The van der Waals surface area contributed by atoms with Gasteiger partial charge < -0.3 is 10.4 Å². The number of aromatic carboxylic acids is 1. The molecule has 2 N–H and O–H groups in total. The average molecular weight is 272 g/mol. The predicted octanol–water partition coefficient (Wildman–Crippen LogP) is 3.78. The third-order valence-corrected chi connectivity index (χ3v) is 3.65. The van der Waals surface area contributed by atoms with Gasteiger partial charge in [0.1, 0.15) is 5.82 Å². The number of fused-ring (bicyclic) bond motifs is 1. The fourth-order valence-corrected chi connectivity index (χ4v) is 1.90. The zero-order valence-electron chi connectivity index (χ0n) is 12.1. The highest BCUT2D eigenvalue weighted by atomic mass is 16.4. The number of carboxylic acid groups (broad SMARTS) is 1. The minimum absolute atomic E-state index is 0.150. The zero-order chi connectivity index (χ0) is 14.8. The topological polar surface area (TPSA) is 62.2 Å². The molecular weight excluding hydrogens is 252 g/mol. The molecule has 4 nitrogen and oxygen atoms in total. The largest absolute Gasteiger partial charge is 0.478 e. The van der Waals surface area contributed by atoms with Gasteiger partial charge in [-0.05, 0) is 24.0 Å². The van der Waals surface area contributed by atoms with Crippen LogP contribution in [0.15, 0.2) is 30.3 Å². The van der Waals surface area contributed by atoms with E-state index in [0.29, 0.717) is 16.7 Å². The molecule has 0 unspecified atom stereocenters. The third kappa shape index (κ3) is 3.07. The molecule has 1 aromatic heterocycles. The van der Waals surface area contributed by atoms with Crippen molar-refractivity contribution >= 4 is 22.7 Å². The summed E-state index contributed by atoms with van der Waals surface area (Å²) in [5.41, 5.74) is 1.13. The van der Waals surface area contributed by atoms with Crippen LogP contribution in [-0.2, 0) is 0 Å². The second-order valence-corrected chi connectivity index (χ2v) is 5.75. The summed E-state index contributed by atoms with van der Waals surface area (Å²) in [5.74, 6) is -0.316. The molecule has 2 aromatic rings. The summed E-state index contributed by atoms with van der Waals surface area (Å²) in [7, 11) is 0. The number of nitrogens with one attached hydrogen (secondary N) is 1. The zero-order valence-corrected chi connectivity index (χ0v) is 12.1. The number of hydrogen-bond donors (Lipinski definition) is 2. The lowest BCUT2D eigenvalue weighted by molar-refractivity contribution is 0.0699. The summed E-state index contributed by atoms with van der Waals surface area (Å²) >= 11 is 0. The van der Waals surface area contributed by atoms with Crippen molar-refractivity contribution in [2.75, 3.05) is 11.9 Å². The first-order valence-corrected chi connectivity index (χ1v) is 6.80. The molecule has 0 bridgehead atoms. The van der Waals surface area contributed by atoms with Gasteiger partial charge >= 0.3 is 5.97 Å². The monoisotopic (exact) mass is 272 g/mol. The second kappa shape index (κ2) is 5.49. The molecule has 0 aliphatic heterocycles. The maximum Gasteiger partial charge on any atom is 0.336 e. The molecule has 0 saturated carbocycles. The van der Waals surface area contributed by atoms with E-state index in [-0.39, 0.29) is 11.0 Å². The second-order valence-electron chi connectivity index (χ2n) is 5.75. The lowest BCUT2D eigenvalue weighted by Crippen LogP contribution is -2.22. The van der Waals surface area contributed by atoms with Gasteiger partial charge in [0.25, 0.3) is 0 Å². The van der Waals surface area contributed by atoms with E-state index >= 15 is 0 Å². The van der Waals surface area contributed by atoms with Gasteiger partial charge in [-0.2, -0.15) is 0 Å². The molecule has 106 valence electrons. The Morgan fingerprint density at radius 1 is 1.35 bits per heavy atom. The van der Waals surface area contributed by atoms with Gasteiger partial charge in [-0.25, -0.2) is 9.78 Å². The molecule has 0 amide bonds. The van der Waals surface area contributed by atoms with Gasteiger partial charge in [0.2, 0.25) is 0 Å². The van der Waals surface area contributed by atoms with Crippen molar-refractivity contribution in [2.45, 2.75) is 27.2 Å². The molecule has 0 aliphatic carbocycles. The highest BCUT2D eigenvalue weighted by molar-refractivity contribution is 6.03. The minimum Gasteiger partial charge on any atom is -0.478 e. The van der Waals surface area contributed by atoms with Crippen LogP contribution >= 0.6 is 0 Å². The maximum absolute atomic E-state index is 11.4. The summed E-state index contributed by atoms with van der Waals surface area (Å²) < 4.78 is 0. The highest BCUT2D eigenvalue weighted by Crippen LogP contribution is 2.23. The van der Waals surface area contributed by atoms with E-state index in [1.807, 2.05) is 18.2 Å². The summed E-state index contributed by atoms with van der Waals surface area (Å²) in [5, 5.41) is 13.2. The quantitative estimate of drug-likeness (QED) is 0.869. The molecule has 20 heavy (non-hydrogen) atoms. The lowest BCUT2D eigenvalue weighted by atomic mass is 9.90. The van der Waals surface area contributed by atoms with Crippen molar-refractivity contribution in [3.8, 4) is 0 Å². The fraction of sp³-hybridized carbons (Fsp3) is 0.375. The number of carbonyl (C=O) groups is 1. The molecule has 0 saturated heterocycles. The van der Waals surface area contributed by atoms with Crippen molar-refractivity contribution in [1.29, 1.82) is 0 Å². The molecule has 1 aromatic carbocycles. The summed E-state index contributed by atoms with van der Waals surface area (Å²) in [4.78, 5) is 15.9. The minimum atomic E-state index is -0.929. The number of carboxylic acids is 1. The maximum atomic E-state index is 11.4. The first-order chi connectivity index (χ1) is 9.43. The highest BCUT2D eigenvalue weighted by Gasteiger charge is 2.16. The van der Waals surface area contributed by atoms with Crippen LogP contribution in [-0.4, -0.2) is 22.6 Å². The Bertz CT molecular complexity index is 635. The number of nitrogens with zero attached hydrogens (tertiary/aromatic N) is 1. The van der Waals surface area contributed by atoms with E-state index in [0.717, 1.165) is 13.0 Å². The summed E-state index contributed by atoms with van der Waals surface area (Å²) in [6.07, 6.45) is 1.04. The van der Waals surface area contributed by atoms with Gasteiger partial charge in [0.05, 0.1) is 11.1 Å². The number of anilines is 1. The fourth-order valence-electron chi connectivity index (χ4n) is 1.90. The van der Waals surface area contributed by atoms with Crippen LogP contribution < -0.4 is 5.32 Å². The Kier molecular flexibility index (Phi) is 3.93. The number of para-hydroxylation sites is 1. The lowest BCUT2D eigenvalue weighted by Gasteiger charge is -2.23. The molecule has 0 atom stereocenters. The molecule has 0 radical (unpaired) electrons. The van der Waals surface area contributed by atoms with E-state index in [2.05, 4.69) is 31.1 Å². The molecular formula is C16H20N2O2. The number of pyridine rings is 1. The van der Waals surface area contributed by atoms with Crippen molar-refractivity contribution < 1.29 is 9.90 Å². The van der Waals surface area contributed by atoms with Crippen LogP contribution in [0.25, 0.3) is 10.9 Å². The van der Waals surface area contributed by atoms with Crippen LogP contribution in [0.1, 0.15) is 37.6 Å². The number of hydrogen-bond acceptors (Lipinski definition) is 3. The Balaban J connectivity index is 2.38. The summed E-state index contributed by atoms with van der Waals surface area (Å²) in [6, 6.07) is 8.91. The van der Waals surface area contributed by atoms with Crippen molar-refractivity contribution in [3.05, 3.63) is 35.9 Å². The Morgan fingerprint density at radius 3 is 2.70 bits per heavy atom. The van der Waals surface area contributed by atoms with Gasteiger partial charge in [-0.1, -0.05) is 39.0 Å². The number of benzene rings is 1. The van der Waals surface area contributed by atoms with E-state index in [1.165, 1.54) is 0 Å². The van der Waals surface area contributed by atoms with Crippen molar-refractivity contribution in [3.63, 3.8) is 0 Å². The van der Waals surface area contributed by atoms with Gasteiger partial charge in [0, 0.05) is 11.9 Å². The molecule has 2 rings (SSSR count). The van der Waals surface area contributed by atoms with Crippen LogP contribution in [0.2, 0.25) is 0 Å². The summed E-state index contributed by atoms with van der Waals surface area (Å²) in [6.45, 7) is 7.23. The average Bonchev–Trinajstić information content (AvgIpc) is 2.44. The van der Waals surface area contributed by atoms with Crippen molar-refractivity contribution in [2.24, 2.45) is 5.41 Å². The first-order valence-electron chi connectivity index (χ1n) is 6.80. The Labute approximate surface area is 118 Å². The molecule has 0 aliphatic rings. The molecule has 0 spiro atoms. The smallest absolute Gasteiger partial charge is 0.336 e. The van der Waals surface area contributed by atoms with Crippen LogP contribution in [0.4, 0.5) is 5.82 Å². The normalized spacial score (nSPS) is 11.6. The number of rotatable bonds is 5. The number of aromatic nitrogens is 1. The standard InChI is InChI=1S/C16H20N2O2/c1-4-16(2,3)10-17-14-9-12(15(19)20)11-7-5-6-8-13(11)18-14/h5-9H,4,10H2,1-3H3,(H,17,18)(H,19,20). The van der Waals surface area contributed by atoms with E-state index in [1.54, 1.807) is 12.1 Å².